The van der Waals surface area contributed by atoms with Gasteiger partial charge in [-0.3, -0.25) is 0 Å². The van der Waals surface area contributed by atoms with Crippen molar-refractivity contribution in [3.8, 4) is 0 Å². The molecular formula is C16H22N4O. The Morgan fingerprint density at radius 1 is 1.19 bits per heavy atom. The van der Waals surface area contributed by atoms with E-state index in [1.807, 2.05) is 43.3 Å². The van der Waals surface area contributed by atoms with Crippen molar-refractivity contribution >= 4 is 11.8 Å². The first kappa shape index (κ1) is 15.3. The van der Waals surface area contributed by atoms with Crippen molar-refractivity contribution < 1.29 is 5.11 Å². The van der Waals surface area contributed by atoms with Crippen LogP contribution in [0.2, 0.25) is 0 Å². The number of hydrogen-bond donors (Lipinski definition) is 3. The maximum Gasteiger partial charge on any atom is 0.224 e. The van der Waals surface area contributed by atoms with E-state index in [4.69, 9.17) is 0 Å². The number of nitrogens with zero attached hydrogens (tertiary/aromatic N) is 2. The number of aliphatic hydroxyl groups is 1. The van der Waals surface area contributed by atoms with Crippen LogP contribution >= 0.6 is 0 Å². The lowest BCUT2D eigenvalue weighted by Crippen LogP contribution is -2.16. The third-order valence-electron chi connectivity index (χ3n) is 3.09. The van der Waals surface area contributed by atoms with Gasteiger partial charge in [0.05, 0.1) is 12.6 Å². The SMILES string of the molecule is CCCNc1nc(C)cc(NC(CO)c2ccccc2)n1. The molecule has 0 radical (unpaired) electrons. The van der Waals surface area contributed by atoms with Gasteiger partial charge in [-0.1, -0.05) is 37.3 Å². The fourth-order valence-electron chi connectivity index (χ4n) is 2.06. The van der Waals surface area contributed by atoms with E-state index >= 15 is 0 Å². The summed E-state index contributed by atoms with van der Waals surface area (Å²) < 4.78 is 0. The van der Waals surface area contributed by atoms with E-state index in [9.17, 15) is 5.11 Å². The van der Waals surface area contributed by atoms with Crippen LogP contribution in [0.15, 0.2) is 36.4 Å². The highest BCUT2D eigenvalue weighted by atomic mass is 16.3. The molecule has 0 amide bonds. The molecule has 1 aromatic carbocycles. The number of nitrogens with one attached hydrogen (secondary N) is 2. The molecule has 3 N–H and O–H groups in total. The lowest BCUT2D eigenvalue weighted by atomic mass is 10.1. The van der Waals surface area contributed by atoms with Crippen molar-refractivity contribution in [2.24, 2.45) is 0 Å². The minimum Gasteiger partial charge on any atom is -0.394 e. The molecule has 0 aliphatic rings. The van der Waals surface area contributed by atoms with Crippen LogP contribution in [-0.2, 0) is 0 Å². The van der Waals surface area contributed by atoms with Crippen molar-refractivity contribution in [2.75, 3.05) is 23.8 Å². The predicted octanol–water partition coefficient (Wildman–Crippen LogP) is 2.75. The van der Waals surface area contributed by atoms with Crippen LogP contribution in [-0.4, -0.2) is 28.2 Å². The maximum atomic E-state index is 9.60. The van der Waals surface area contributed by atoms with Gasteiger partial charge in [0.15, 0.2) is 0 Å². The molecule has 1 unspecified atom stereocenters. The zero-order chi connectivity index (χ0) is 15.1. The molecule has 0 spiro atoms. The van der Waals surface area contributed by atoms with Crippen molar-refractivity contribution in [2.45, 2.75) is 26.3 Å². The van der Waals surface area contributed by atoms with E-state index in [0.29, 0.717) is 11.8 Å². The molecule has 0 saturated heterocycles. The Morgan fingerprint density at radius 2 is 1.95 bits per heavy atom. The fraction of sp³-hybridized carbons (Fsp3) is 0.375. The lowest BCUT2D eigenvalue weighted by molar-refractivity contribution is 0.276. The Kier molecular flexibility index (Phi) is 5.51. The smallest absolute Gasteiger partial charge is 0.224 e. The normalized spacial score (nSPS) is 12.0. The number of hydrogen-bond acceptors (Lipinski definition) is 5. The Hall–Kier alpha value is -2.14. The molecule has 0 aliphatic carbocycles. The molecule has 2 aromatic rings. The van der Waals surface area contributed by atoms with Gasteiger partial charge in [0, 0.05) is 18.3 Å². The van der Waals surface area contributed by atoms with Crippen LogP contribution in [0.3, 0.4) is 0 Å². The molecule has 0 saturated carbocycles. The molecular weight excluding hydrogens is 264 g/mol. The van der Waals surface area contributed by atoms with Gasteiger partial charge in [-0.25, -0.2) is 4.98 Å². The summed E-state index contributed by atoms with van der Waals surface area (Å²) in [6.07, 6.45) is 1.02. The third-order valence-corrected chi connectivity index (χ3v) is 3.09. The van der Waals surface area contributed by atoms with Crippen LogP contribution in [0.4, 0.5) is 11.8 Å². The number of aromatic nitrogens is 2. The molecule has 112 valence electrons. The molecule has 1 atom stereocenters. The summed E-state index contributed by atoms with van der Waals surface area (Å²) in [5.74, 6) is 1.33. The molecule has 1 heterocycles. The Balaban J connectivity index is 2.15. The minimum atomic E-state index is -0.181. The topological polar surface area (TPSA) is 70.1 Å². The van der Waals surface area contributed by atoms with E-state index in [1.54, 1.807) is 0 Å². The second-order valence-electron chi connectivity index (χ2n) is 4.94. The highest BCUT2D eigenvalue weighted by Crippen LogP contribution is 2.19. The van der Waals surface area contributed by atoms with Gasteiger partial charge in [-0.15, -0.1) is 0 Å². The maximum absolute atomic E-state index is 9.60. The van der Waals surface area contributed by atoms with E-state index in [0.717, 1.165) is 24.2 Å². The summed E-state index contributed by atoms with van der Waals surface area (Å²) >= 11 is 0. The van der Waals surface area contributed by atoms with Gasteiger partial charge in [-0.05, 0) is 18.9 Å². The van der Waals surface area contributed by atoms with Crippen molar-refractivity contribution in [3.05, 3.63) is 47.7 Å². The number of rotatable bonds is 7. The average Bonchev–Trinajstić information content (AvgIpc) is 2.51. The van der Waals surface area contributed by atoms with Crippen LogP contribution < -0.4 is 10.6 Å². The van der Waals surface area contributed by atoms with E-state index in [2.05, 4.69) is 27.5 Å². The molecule has 0 fully saturated rings. The monoisotopic (exact) mass is 286 g/mol. The molecule has 0 bridgehead atoms. The third kappa shape index (κ3) is 4.43. The first-order valence-electron chi connectivity index (χ1n) is 7.24. The highest BCUT2D eigenvalue weighted by molar-refractivity contribution is 5.44. The first-order valence-corrected chi connectivity index (χ1v) is 7.24. The first-order chi connectivity index (χ1) is 10.2. The fourth-order valence-corrected chi connectivity index (χ4v) is 2.06. The standard InChI is InChI=1S/C16H22N4O/c1-3-9-17-16-18-12(2)10-15(20-16)19-14(11-21)13-7-5-4-6-8-13/h4-8,10,14,21H,3,9,11H2,1-2H3,(H2,17,18,19,20). The molecule has 2 rings (SSSR count). The van der Waals surface area contributed by atoms with Crippen LogP contribution in [0, 0.1) is 6.92 Å². The summed E-state index contributed by atoms with van der Waals surface area (Å²) in [6.45, 7) is 4.87. The number of aliphatic hydroxyl groups excluding tert-OH is 1. The summed E-state index contributed by atoms with van der Waals surface area (Å²) in [7, 11) is 0. The Bertz CT molecular complexity index is 559. The Morgan fingerprint density at radius 3 is 2.62 bits per heavy atom. The van der Waals surface area contributed by atoms with Crippen LogP contribution in [0.25, 0.3) is 0 Å². The highest BCUT2D eigenvalue weighted by Gasteiger charge is 2.11. The van der Waals surface area contributed by atoms with Gasteiger partial charge >= 0.3 is 0 Å². The molecule has 21 heavy (non-hydrogen) atoms. The zero-order valence-corrected chi connectivity index (χ0v) is 12.5. The summed E-state index contributed by atoms with van der Waals surface area (Å²) in [5.41, 5.74) is 1.91. The molecule has 5 heteroatoms. The van der Waals surface area contributed by atoms with Gasteiger partial charge in [0.1, 0.15) is 5.82 Å². The summed E-state index contributed by atoms with van der Waals surface area (Å²) in [4.78, 5) is 8.79. The predicted molar refractivity (Wildman–Crippen MR) is 85.4 cm³/mol. The van der Waals surface area contributed by atoms with Crippen molar-refractivity contribution in [1.29, 1.82) is 0 Å². The van der Waals surface area contributed by atoms with E-state index < -0.39 is 0 Å². The number of anilines is 2. The van der Waals surface area contributed by atoms with E-state index in [-0.39, 0.29) is 12.6 Å². The number of benzene rings is 1. The number of aryl methyl sites for hydroxylation is 1. The molecule has 0 aliphatic heterocycles. The minimum absolute atomic E-state index is 0.00475. The molecule has 5 nitrogen and oxygen atoms in total. The summed E-state index contributed by atoms with van der Waals surface area (Å²) in [6, 6.07) is 11.5. The largest absolute Gasteiger partial charge is 0.394 e. The molecule has 1 aromatic heterocycles. The quantitative estimate of drug-likeness (QED) is 0.730. The van der Waals surface area contributed by atoms with Crippen molar-refractivity contribution in [3.63, 3.8) is 0 Å². The Labute approximate surface area is 125 Å². The van der Waals surface area contributed by atoms with Gasteiger partial charge in [0.2, 0.25) is 5.95 Å². The lowest BCUT2D eigenvalue weighted by Gasteiger charge is -2.18. The van der Waals surface area contributed by atoms with Gasteiger partial charge in [0.25, 0.3) is 0 Å². The van der Waals surface area contributed by atoms with E-state index in [1.165, 1.54) is 0 Å². The van der Waals surface area contributed by atoms with Crippen LogP contribution in [0.5, 0.6) is 0 Å². The average molecular weight is 286 g/mol. The van der Waals surface area contributed by atoms with Crippen LogP contribution in [0.1, 0.15) is 30.6 Å². The van der Waals surface area contributed by atoms with Crippen molar-refractivity contribution in [1.82, 2.24) is 9.97 Å². The van der Waals surface area contributed by atoms with Gasteiger partial charge < -0.3 is 15.7 Å². The second kappa shape index (κ2) is 7.59. The second-order valence-corrected chi connectivity index (χ2v) is 4.94. The zero-order valence-electron chi connectivity index (χ0n) is 12.5. The van der Waals surface area contributed by atoms with Gasteiger partial charge in [-0.2, -0.15) is 4.98 Å². The summed E-state index contributed by atoms with van der Waals surface area (Å²) in [5, 5.41) is 16.0.